The molecule has 0 bridgehead atoms. The van der Waals surface area contributed by atoms with Gasteiger partial charge < -0.3 is 5.32 Å². The second kappa shape index (κ2) is 5.03. The van der Waals surface area contributed by atoms with Crippen molar-refractivity contribution in [3.05, 3.63) is 32.4 Å². The Kier molecular flexibility index (Phi) is 3.69. The second-order valence-corrected chi connectivity index (χ2v) is 4.92. The fourth-order valence-electron chi connectivity index (χ4n) is 1.34. The van der Waals surface area contributed by atoms with E-state index in [-0.39, 0.29) is 6.04 Å². The number of halogens is 1. The van der Waals surface area contributed by atoms with Crippen molar-refractivity contribution in [1.82, 2.24) is 14.9 Å². The van der Waals surface area contributed by atoms with E-state index in [1.54, 1.807) is 11.3 Å². The highest BCUT2D eigenvalue weighted by atomic mass is 35.5. The van der Waals surface area contributed by atoms with Gasteiger partial charge in [-0.2, -0.15) is 0 Å². The van der Waals surface area contributed by atoms with Gasteiger partial charge in [0.25, 0.3) is 0 Å². The summed E-state index contributed by atoms with van der Waals surface area (Å²) < 4.78 is 3.88. The van der Waals surface area contributed by atoms with E-state index in [1.807, 2.05) is 16.8 Å². The summed E-state index contributed by atoms with van der Waals surface area (Å²) in [5.41, 5.74) is 0.936. The maximum absolute atomic E-state index is 6.11. The molecule has 6 heteroatoms. The van der Waals surface area contributed by atoms with Crippen LogP contribution in [0.25, 0.3) is 0 Å². The van der Waals surface area contributed by atoms with E-state index in [4.69, 9.17) is 11.6 Å². The predicted octanol–water partition coefficient (Wildman–Crippen LogP) is 2.95. The Balaban J connectivity index is 2.32. The van der Waals surface area contributed by atoms with Gasteiger partial charge in [-0.15, -0.1) is 16.4 Å². The van der Waals surface area contributed by atoms with Gasteiger partial charge in [-0.1, -0.05) is 23.0 Å². The van der Waals surface area contributed by atoms with Crippen molar-refractivity contribution in [3.63, 3.8) is 0 Å². The van der Waals surface area contributed by atoms with E-state index in [9.17, 15) is 0 Å². The molecule has 3 nitrogen and oxygen atoms in total. The third kappa shape index (κ3) is 2.36. The molecular weight excluding hydrogens is 250 g/mol. The van der Waals surface area contributed by atoms with Crippen molar-refractivity contribution in [1.29, 1.82) is 0 Å². The van der Waals surface area contributed by atoms with Crippen molar-refractivity contribution in [2.75, 3.05) is 6.54 Å². The Hall–Kier alpha value is -0.490. The maximum Gasteiger partial charge on any atom is 0.0978 e. The lowest BCUT2D eigenvalue weighted by Crippen LogP contribution is -2.21. The molecule has 2 aromatic rings. The zero-order chi connectivity index (χ0) is 10.7. The zero-order valence-electron chi connectivity index (χ0n) is 8.11. The van der Waals surface area contributed by atoms with Crippen LogP contribution < -0.4 is 5.32 Å². The second-order valence-electron chi connectivity index (χ2n) is 2.95. The largest absolute Gasteiger partial charge is 0.304 e. The molecule has 15 heavy (non-hydrogen) atoms. The highest BCUT2D eigenvalue weighted by Crippen LogP contribution is 2.32. The molecule has 2 rings (SSSR count). The van der Waals surface area contributed by atoms with Crippen LogP contribution in [0.4, 0.5) is 0 Å². The van der Waals surface area contributed by atoms with Gasteiger partial charge in [-0.05, 0) is 29.5 Å². The van der Waals surface area contributed by atoms with E-state index >= 15 is 0 Å². The van der Waals surface area contributed by atoms with Gasteiger partial charge in [-0.3, -0.25) is 0 Å². The van der Waals surface area contributed by atoms with Crippen LogP contribution in [0, 0.1) is 0 Å². The SMILES string of the molecule is CCNC(c1csnn1)c1sccc1Cl. The summed E-state index contributed by atoms with van der Waals surface area (Å²) in [7, 11) is 0. The minimum Gasteiger partial charge on any atom is -0.304 e. The van der Waals surface area contributed by atoms with Crippen LogP contribution in [0.5, 0.6) is 0 Å². The molecule has 1 atom stereocenters. The standard InChI is InChI=1S/C9H10ClN3S2/c1-2-11-8(7-5-15-13-12-7)9-6(10)3-4-14-9/h3-5,8,11H,2H2,1H3. The summed E-state index contributed by atoms with van der Waals surface area (Å²) >= 11 is 9.11. The van der Waals surface area contributed by atoms with E-state index in [1.165, 1.54) is 11.5 Å². The first kappa shape index (κ1) is 11.0. The molecule has 2 heterocycles. The van der Waals surface area contributed by atoms with Crippen LogP contribution >= 0.6 is 34.5 Å². The minimum absolute atomic E-state index is 0.0706. The highest BCUT2D eigenvalue weighted by molar-refractivity contribution is 7.10. The van der Waals surface area contributed by atoms with Gasteiger partial charge in [-0.25, -0.2) is 0 Å². The Morgan fingerprint density at radius 3 is 3.00 bits per heavy atom. The van der Waals surface area contributed by atoms with Gasteiger partial charge >= 0.3 is 0 Å². The van der Waals surface area contributed by atoms with E-state index in [0.29, 0.717) is 0 Å². The van der Waals surface area contributed by atoms with Crippen molar-refractivity contribution < 1.29 is 0 Å². The molecule has 0 amide bonds. The van der Waals surface area contributed by atoms with Crippen molar-refractivity contribution >= 4 is 34.5 Å². The molecule has 0 saturated carbocycles. The number of nitrogens with one attached hydrogen (secondary N) is 1. The quantitative estimate of drug-likeness (QED) is 0.917. The third-order valence-corrected chi connectivity index (χ3v) is 3.93. The predicted molar refractivity (Wildman–Crippen MR) is 64.8 cm³/mol. The summed E-state index contributed by atoms with van der Waals surface area (Å²) in [5.74, 6) is 0. The Morgan fingerprint density at radius 2 is 2.47 bits per heavy atom. The van der Waals surface area contributed by atoms with Crippen LogP contribution in [0.2, 0.25) is 5.02 Å². The molecule has 0 radical (unpaired) electrons. The molecule has 0 aromatic carbocycles. The highest BCUT2D eigenvalue weighted by Gasteiger charge is 2.19. The summed E-state index contributed by atoms with van der Waals surface area (Å²) in [6.07, 6.45) is 0. The lowest BCUT2D eigenvalue weighted by molar-refractivity contribution is 0.622. The summed E-state index contributed by atoms with van der Waals surface area (Å²) in [4.78, 5) is 1.10. The fourth-order valence-corrected chi connectivity index (χ4v) is 3.08. The average Bonchev–Trinajstić information content (AvgIpc) is 2.85. The number of thiophene rings is 1. The fraction of sp³-hybridized carbons (Fsp3) is 0.333. The summed E-state index contributed by atoms with van der Waals surface area (Å²) in [6, 6.07) is 1.98. The summed E-state index contributed by atoms with van der Waals surface area (Å²) in [5, 5.41) is 12.2. The minimum atomic E-state index is 0.0706. The topological polar surface area (TPSA) is 37.8 Å². The van der Waals surface area contributed by atoms with Gasteiger partial charge in [0.1, 0.15) is 0 Å². The number of hydrogen-bond donors (Lipinski definition) is 1. The number of hydrogen-bond acceptors (Lipinski definition) is 5. The monoisotopic (exact) mass is 259 g/mol. The Bertz CT molecular complexity index is 413. The van der Waals surface area contributed by atoms with E-state index in [0.717, 1.165) is 22.1 Å². The number of nitrogens with zero attached hydrogens (tertiary/aromatic N) is 2. The lowest BCUT2D eigenvalue weighted by atomic mass is 10.2. The molecule has 0 spiro atoms. The molecular formula is C9H10ClN3S2. The molecule has 2 aromatic heterocycles. The van der Waals surface area contributed by atoms with Crippen LogP contribution in [0.15, 0.2) is 16.8 Å². The first-order valence-corrected chi connectivity index (χ1v) is 6.65. The van der Waals surface area contributed by atoms with Crippen LogP contribution in [-0.2, 0) is 0 Å². The van der Waals surface area contributed by atoms with Crippen molar-refractivity contribution in [2.24, 2.45) is 0 Å². The Morgan fingerprint density at radius 1 is 1.60 bits per heavy atom. The summed E-state index contributed by atoms with van der Waals surface area (Å²) in [6.45, 7) is 2.94. The van der Waals surface area contributed by atoms with Crippen LogP contribution in [0.3, 0.4) is 0 Å². The first-order chi connectivity index (χ1) is 7.33. The van der Waals surface area contributed by atoms with Crippen LogP contribution in [0.1, 0.15) is 23.5 Å². The molecule has 0 aliphatic rings. The van der Waals surface area contributed by atoms with Gasteiger partial charge in [0, 0.05) is 10.3 Å². The molecule has 80 valence electrons. The molecule has 0 aliphatic carbocycles. The Labute approximate surface area is 101 Å². The normalized spacial score (nSPS) is 12.9. The maximum atomic E-state index is 6.11. The van der Waals surface area contributed by atoms with Crippen molar-refractivity contribution in [2.45, 2.75) is 13.0 Å². The molecule has 1 N–H and O–H groups in total. The average molecular weight is 260 g/mol. The van der Waals surface area contributed by atoms with Crippen LogP contribution in [-0.4, -0.2) is 16.1 Å². The molecule has 1 unspecified atom stereocenters. The van der Waals surface area contributed by atoms with E-state index < -0.39 is 0 Å². The number of aromatic nitrogens is 2. The first-order valence-electron chi connectivity index (χ1n) is 4.56. The van der Waals surface area contributed by atoms with E-state index in [2.05, 4.69) is 21.8 Å². The molecule has 0 saturated heterocycles. The number of rotatable bonds is 4. The zero-order valence-corrected chi connectivity index (χ0v) is 10.5. The smallest absolute Gasteiger partial charge is 0.0978 e. The third-order valence-electron chi connectivity index (χ3n) is 1.99. The van der Waals surface area contributed by atoms with Gasteiger partial charge in [0.05, 0.1) is 16.8 Å². The van der Waals surface area contributed by atoms with Gasteiger partial charge in [0.2, 0.25) is 0 Å². The van der Waals surface area contributed by atoms with Gasteiger partial charge in [0.15, 0.2) is 0 Å². The lowest BCUT2D eigenvalue weighted by Gasteiger charge is -2.13. The molecule has 0 fully saturated rings. The van der Waals surface area contributed by atoms with Crippen molar-refractivity contribution in [3.8, 4) is 0 Å². The molecule has 0 aliphatic heterocycles.